The minimum Gasteiger partial charge on any atom is -0.458 e. The lowest BCUT2D eigenvalue weighted by molar-refractivity contribution is -0.119. The van der Waals surface area contributed by atoms with Crippen molar-refractivity contribution in [1.82, 2.24) is 10.3 Å². The van der Waals surface area contributed by atoms with E-state index in [0.717, 1.165) is 16.3 Å². The number of carbonyl (C=O) groups is 2. The van der Waals surface area contributed by atoms with E-state index < -0.39 is 0 Å². The average molecular weight is 417 g/mol. The second-order valence-corrected chi connectivity index (χ2v) is 7.46. The Kier molecular flexibility index (Phi) is 5.72. The van der Waals surface area contributed by atoms with Crippen LogP contribution in [0.4, 0.5) is 5.13 Å². The van der Waals surface area contributed by atoms with Gasteiger partial charge in [-0.25, -0.2) is 4.98 Å². The van der Waals surface area contributed by atoms with Gasteiger partial charge in [0.2, 0.25) is 11.8 Å². The summed E-state index contributed by atoms with van der Waals surface area (Å²) in [6.45, 7) is 1.77. The van der Waals surface area contributed by atoms with Crippen LogP contribution in [-0.2, 0) is 16.1 Å². The van der Waals surface area contributed by atoms with Crippen molar-refractivity contribution in [2.45, 2.75) is 13.5 Å². The number of benzene rings is 2. The zero-order valence-electron chi connectivity index (χ0n) is 16.2. The van der Waals surface area contributed by atoms with Crippen molar-refractivity contribution < 1.29 is 14.0 Å². The summed E-state index contributed by atoms with van der Waals surface area (Å²) in [5.74, 6) is 0.841. The van der Waals surface area contributed by atoms with Gasteiger partial charge in [0.25, 0.3) is 0 Å². The number of hydrogen-bond donors (Lipinski definition) is 2. The van der Waals surface area contributed by atoms with Crippen LogP contribution >= 0.6 is 11.3 Å². The van der Waals surface area contributed by atoms with Crippen molar-refractivity contribution >= 4 is 45.1 Å². The molecular weight excluding hydrogens is 398 g/mol. The lowest BCUT2D eigenvalue weighted by Crippen LogP contribution is -2.18. The molecule has 6 nitrogen and oxygen atoms in total. The first-order chi connectivity index (χ1) is 14.6. The summed E-state index contributed by atoms with van der Waals surface area (Å²) in [4.78, 5) is 27.7. The maximum Gasteiger partial charge on any atom is 0.250 e. The van der Waals surface area contributed by atoms with Crippen LogP contribution in [-0.4, -0.2) is 16.8 Å². The number of carbonyl (C=O) groups excluding carboxylic acids is 2. The Morgan fingerprint density at radius 3 is 2.80 bits per heavy atom. The molecule has 4 aromatic rings. The van der Waals surface area contributed by atoms with Gasteiger partial charge < -0.3 is 9.73 Å². The molecule has 2 aromatic heterocycles. The lowest BCUT2D eigenvalue weighted by atomic mass is 10.0. The van der Waals surface area contributed by atoms with E-state index in [1.807, 2.05) is 47.8 Å². The molecule has 0 saturated carbocycles. The highest BCUT2D eigenvalue weighted by molar-refractivity contribution is 7.14. The van der Waals surface area contributed by atoms with E-state index in [2.05, 4.69) is 15.6 Å². The molecule has 0 fully saturated rings. The van der Waals surface area contributed by atoms with Crippen molar-refractivity contribution in [3.63, 3.8) is 0 Å². The first kappa shape index (κ1) is 19.6. The van der Waals surface area contributed by atoms with E-state index in [1.54, 1.807) is 18.2 Å². The molecule has 2 aromatic carbocycles. The van der Waals surface area contributed by atoms with Crippen molar-refractivity contribution in [1.29, 1.82) is 0 Å². The maximum absolute atomic E-state index is 12.3. The van der Waals surface area contributed by atoms with Crippen LogP contribution in [0.3, 0.4) is 0 Å². The minimum atomic E-state index is -0.255. The molecule has 30 heavy (non-hydrogen) atoms. The molecule has 0 aliphatic heterocycles. The number of hydrogen-bond acceptors (Lipinski definition) is 5. The summed E-state index contributed by atoms with van der Waals surface area (Å²) in [6.07, 6.45) is 3.30. The average Bonchev–Trinajstić information content (AvgIpc) is 3.40. The van der Waals surface area contributed by atoms with E-state index in [0.29, 0.717) is 28.9 Å². The van der Waals surface area contributed by atoms with Gasteiger partial charge in [-0.2, -0.15) is 0 Å². The highest BCUT2D eigenvalue weighted by Gasteiger charge is 2.11. The van der Waals surface area contributed by atoms with Crippen LogP contribution in [0.15, 0.2) is 70.5 Å². The Balaban J connectivity index is 1.41. The smallest absolute Gasteiger partial charge is 0.250 e. The number of amides is 2. The van der Waals surface area contributed by atoms with Gasteiger partial charge >= 0.3 is 0 Å². The van der Waals surface area contributed by atoms with E-state index in [-0.39, 0.29) is 11.8 Å². The van der Waals surface area contributed by atoms with Crippen LogP contribution in [0.25, 0.3) is 28.3 Å². The van der Waals surface area contributed by atoms with Gasteiger partial charge in [-0.05, 0) is 34.5 Å². The van der Waals surface area contributed by atoms with E-state index in [1.165, 1.54) is 24.3 Å². The Bertz CT molecular complexity index is 1230. The standard InChI is InChI=1S/C23H19N3O3S/c1-15(27)24-13-18-10-11-21(29-18)20-14-30-23(25-20)26-22(28)12-9-17-7-4-6-16-5-2-3-8-19(16)17/h2-12,14H,13H2,1H3,(H,24,27)(H,25,26,28)/b12-9+. The molecule has 0 atom stereocenters. The molecular formula is C23H19N3O3S. The van der Waals surface area contributed by atoms with Crippen molar-refractivity contribution in [2.24, 2.45) is 0 Å². The fourth-order valence-corrected chi connectivity index (χ4v) is 3.68. The van der Waals surface area contributed by atoms with Gasteiger partial charge in [0.15, 0.2) is 10.9 Å². The van der Waals surface area contributed by atoms with Gasteiger partial charge in [-0.15, -0.1) is 11.3 Å². The van der Waals surface area contributed by atoms with Crippen molar-refractivity contribution in [2.75, 3.05) is 5.32 Å². The fourth-order valence-electron chi connectivity index (χ4n) is 2.97. The Morgan fingerprint density at radius 2 is 1.93 bits per heavy atom. The minimum absolute atomic E-state index is 0.122. The number of thiazole rings is 1. The number of aromatic nitrogens is 1. The molecule has 0 radical (unpaired) electrons. The maximum atomic E-state index is 12.3. The van der Waals surface area contributed by atoms with Crippen molar-refractivity contribution in [3.8, 4) is 11.5 Å². The van der Waals surface area contributed by atoms with Gasteiger partial charge in [0.1, 0.15) is 11.5 Å². The Morgan fingerprint density at radius 1 is 1.10 bits per heavy atom. The summed E-state index contributed by atoms with van der Waals surface area (Å²) in [6, 6.07) is 17.6. The summed E-state index contributed by atoms with van der Waals surface area (Å²) in [7, 11) is 0. The quantitative estimate of drug-likeness (QED) is 0.440. The molecule has 7 heteroatoms. The van der Waals surface area contributed by atoms with Gasteiger partial charge in [-0.3, -0.25) is 14.9 Å². The first-order valence-electron chi connectivity index (χ1n) is 9.34. The highest BCUT2D eigenvalue weighted by atomic mass is 32.1. The predicted octanol–water partition coefficient (Wildman–Crippen LogP) is 4.84. The number of furan rings is 1. The molecule has 4 rings (SSSR count). The fraction of sp³-hybridized carbons (Fsp3) is 0.0870. The summed E-state index contributed by atoms with van der Waals surface area (Å²) >= 11 is 1.32. The van der Waals surface area contributed by atoms with Crippen LogP contribution in [0.2, 0.25) is 0 Å². The second kappa shape index (κ2) is 8.75. The summed E-state index contributed by atoms with van der Waals surface area (Å²) < 4.78 is 5.69. The monoisotopic (exact) mass is 417 g/mol. The molecule has 2 N–H and O–H groups in total. The second-order valence-electron chi connectivity index (χ2n) is 6.60. The third-order valence-electron chi connectivity index (χ3n) is 4.40. The SMILES string of the molecule is CC(=O)NCc1ccc(-c2csc(NC(=O)/C=C/c3cccc4ccccc34)n2)o1. The molecule has 2 amide bonds. The molecule has 0 aliphatic rings. The Labute approximate surface area is 177 Å². The normalized spacial score (nSPS) is 11.1. The van der Waals surface area contributed by atoms with Crippen LogP contribution in [0, 0.1) is 0 Å². The highest BCUT2D eigenvalue weighted by Crippen LogP contribution is 2.27. The summed E-state index contributed by atoms with van der Waals surface area (Å²) in [5, 5.41) is 9.97. The summed E-state index contributed by atoms with van der Waals surface area (Å²) in [5.41, 5.74) is 1.60. The number of fused-ring (bicyclic) bond motifs is 1. The topological polar surface area (TPSA) is 84.2 Å². The zero-order valence-corrected chi connectivity index (χ0v) is 17.0. The molecule has 0 spiro atoms. The van der Waals surface area contributed by atoms with Gasteiger partial charge in [0, 0.05) is 18.4 Å². The number of rotatable bonds is 6. The first-order valence-corrected chi connectivity index (χ1v) is 10.2. The largest absolute Gasteiger partial charge is 0.458 e. The van der Waals surface area contributed by atoms with Crippen LogP contribution in [0.1, 0.15) is 18.2 Å². The molecule has 0 unspecified atom stereocenters. The molecule has 0 saturated heterocycles. The lowest BCUT2D eigenvalue weighted by Gasteiger charge is -2.01. The number of anilines is 1. The molecule has 2 heterocycles. The van der Waals surface area contributed by atoms with E-state index in [4.69, 9.17) is 4.42 Å². The zero-order chi connectivity index (χ0) is 20.9. The van der Waals surface area contributed by atoms with Gasteiger partial charge in [-0.1, -0.05) is 42.5 Å². The Hall–Kier alpha value is -3.71. The molecule has 0 bridgehead atoms. The third-order valence-corrected chi connectivity index (χ3v) is 5.16. The number of nitrogens with one attached hydrogen (secondary N) is 2. The number of nitrogens with zero attached hydrogens (tertiary/aromatic N) is 1. The third kappa shape index (κ3) is 4.64. The van der Waals surface area contributed by atoms with E-state index >= 15 is 0 Å². The predicted molar refractivity (Wildman–Crippen MR) is 119 cm³/mol. The molecule has 0 aliphatic carbocycles. The molecule has 150 valence electrons. The van der Waals surface area contributed by atoms with Crippen molar-refractivity contribution in [3.05, 3.63) is 77.4 Å². The van der Waals surface area contributed by atoms with Gasteiger partial charge in [0.05, 0.1) is 6.54 Å². The van der Waals surface area contributed by atoms with Crippen LogP contribution in [0.5, 0.6) is 0 Å². The van der Waals surface area contributed by atoms with E-state index in [9.17, 15) is 9.59 Å². The van der Waals surface area contributed by atoms with Crippen LogP contribution < -0.4 is 10.6 Å².